The van der Waals surface area contributed by atoms with Gasteiger partial charge in [-0.3, -0.25) is 0 Å². The van der Waals surface area contributed by atoms with Crippen molar-refractivity contribution in [3.8, 4) is 11.5 Å². The zero-order valence-electron chi connectivity index (χ0n) is 8.29. The van der Waals surface area contributed by atoms with Crippen molar-refractivity contribution in [2.45, 2.75) is 13.0 Å². The maximum Gasteiger partial charge on any atom is 0.246 e. The second-order valence-electron chi connectivity index (χ2n) is 3.33. The quantitative estimate of drug-likeness (QED) is 0.730. The van der Waals surface area contributed by atoms with Gasteiger partial charge in [-0.1, -0.05) is 0 Å². The van der Waals surface area contributed by atoms with Gasteiger partial charge in [0.25, 0.3) is 0 Å². The van der Waals surface area contributed by atoms with Gasteiger partial charge in [0.15, 0.2) is 11.5 Å². The van der Waals surface area contributed by atoms with Crippen LogP contribution in [-0.2, 0) is 0 Å². The summed E-state index contributed by atoms with van der Waals surface area (Å²) in [6.07, 6.45) is 0. The number of benzene rings is 1. The molecule has 0 amide bonds. The van der Waals surface area contributed by atoms with Crippen LogP contribution in [0.25, 0.3) is 4.85 Å². The molecule has 0 bridgehead atoms. The molecule has 1 aliphatic rings. The molecule has 0 aromatic heterocycles. The average molecular weight is 268 g/mol. The number of rotatable bonds is 1. The normalized spacial score (nSPS) is 15.5. The molecule has 1 atom stereocenters. The maximum atomic E-state index is 6.99. The lowest BCUT2D eigenvalue weighted by atomic mass is 10.1. The van der Waals surface area contributed by atoms with E-state index in [4.69, 9.17) is 16.0 Å². The van der Waals surface area contributed by atoms with E-state index in [2.05, 4.69) is 20.8 Å². The summed E-state index contributed by atoms with van der Waals surface area (Å²) in [4.78, 5) is 3.48. The maximum absolute atomic E-state index is 6.99. The van der Waals surface area contributed by atoms with Gasteiger partial charge in [0.05, 0.1) is 4.47 Å². The van der Waals surface area contributed by atoms with Crippen LogP contribution in [0.5, 0.6) is 11.5 Å². The minimum Gasteiger partial charge on any atom is -0.486 e. The fourth-order valence-corrected chi connectivity index (χ4v) is 2.02. The van der Waals surface area contributed by atoms with Gasteiger partial charge in [-0.15, -0.1) is 0 Å². The van der Waals surface area contributed by atoms with Crippen molar-refractivity contribution < 1.29 is 9.47 Å². The SMILES string of the molecule is [C-]#[N+]C(C)c1cc(Br)c2c(c1)OCCO2. The van der Waals surface area contributed by atoms with E-state index in [0.717, 1.165) is 21.5 Å². The Morgan fingerprint density at radius 3 is 2.87 bits per heavy atom. The Kier molecular flexibility index (Phi) is 2.83. The van der Waals surface area contributed by atoms with Gasteiger partial charge in [-0.05, 0) is 28.1 Å². The van der Waals surface area contributed by atoms with Crippen molar-refractivity contribution in [2.24, 2.45) is 0 Å². The Labute approximate surface area is 96.9 Å². The summed E-state index contributed by atoms with van der Waals surface area (Å²) >= 11 is 3.42. The highest BCUT2D eigenvalue weighted by atomic mass is 79.9. The van der Waals surface area contributed by atoms with Gasteiger partial charge >= 0.3 is 0 Å². The van der Waals surface area contributed by atoms with Crippen molar-refractivity contribution >= 4 is 15.9 Å². The minimum absolute atomic E-state index is 0.155. The summed E-state index contributed by atoms with van der Waals surface area (Å²) in [6, 6.07) is 3.63. The van der Waals surface area contributed by atoms with E-state index in [1.165, 1.54) is 0 Å². The van der Waals surface area contributed by atoms with E-state index >= 15 is 0 Å². The van der Waals surface area contributed by atoms with Crippen molar-refractivity contribution in [1.29, 1.82) is 0 Å². The minimum atomic E-state index is -0.155. The van der Waals surface area contributed by atoms with Crippen LogP contribution < -0.4 is 9.47 Å². The Morgan fingerprint density at radius 2 is 2.13 bits per heavy atom. The molecule has 1 unspecified atom stereocenters. The average Bonchev–Trinajstić information content (AvgIpc) is 2.28. The smallest absolute Gasteiger partial charge is 0.246 e. The molecular formula is C11H10BrNO2. The molecule has 3 nitrogen and oxygen atoms in total. The van der Waals surface area contributed by atoms with E-state index in [-0.39, 0.29) is 6.04 Å². The third-order valence-corrected chi connectivity index (χ3v) is 2.88. The van der Waals surface area contributed by atoms with Gasteiger partial charge in [-0.25, -0.2) is 6.57 Å². The lowest BCUT2D eigenvalue weighted by Gasteiger charge is -2.20. The van der Waals surface area contributed by atoms with E-state index in [0.29, 0.717) is 13.2 Å². The zero-order chi connectivity index (χ0) is 10.8. The third-order valence-electron chi connectivity index (χ3n) is 2.30. The summed E-state index contributed by atoms with van der Waals surface area (Å²) < 4.78 is 11.8. The largest absolute Gasteiger partial charge is 0.486 e. The summed E-state index contributed by atoms with van der Waals surface area (Å²) in [5.41, 5.74) is 0.945. The van der Waals surface area contributed by atoms with Crippen molar-refractivity contribution in [1.82, 2.24) is 0 Å². The van der Waals surface area contributed by atoms with Gasteiger partial charge in [0.2, 0.25) is 6.04 Å². The first-order chi connectivity index (χ1) is 7.22. The van der Waals surface area contributed by atoms with E-state index in [1.807, 2.05) is 19.1 Å². The summed E-state index contributed by atoms with van der Waals surface area (Å²) in [7, 11) is 0. The Hall–Kier alpha value is -1.21. The summed E-state index contributed by atoms with van der Waals surface area (Å²) in [5.74, 6) is 1.46. The Bertz CT molecular complexity index is 425. The highest BCUT2D eigenvalue weighted by Crippen LogP contribution is 2.40. The molecule has 2 rings (SSSR count). The van der Waals surface area contributed by atoms with Crippen LogP contribution in [0, 0.1) is 6.57 Å². The molecule has 0 fully saturated rings. The molecule has 78 valence electrons. The zero-order valence-corrected chi connectivity index (χ0v) is 9.87. The predicted molar refractivity (Wildman–Crippen MR) is 60.1 cm³/mol. The first-order valence-corrected chi connectivity index (χ1v) is 5.47. The molecule has 0 spiro atoms. The van der Waals surface area contributed by atoms with Crippen LogP contribution in [0.1, 0.15) is 18.5 Å². The van der Waals surface area contributed by atoms with Gasteiger partial charge in [0, 0.05) is 12.5 Å². The fourth-order valence-electron chi connectivity index (χ4n) is 1.45. The van der Waals surface area contributed by atoms with Crippen molar-refractivity contribution in [3.63, 3.8) is 0 Å². The lowest BCUT2D eigenvalue weighted by molar-refractivity contribution is 0.170. The van der Waals surface area contributed by atoms with E-state index in [9.17, 15) is 0 Å². The van der Waals surface area contributed by atoms with E-state index < -0.39 is 0 Å². The van der Waals surface area contributed by atoms with Crippen LogP contribution >= 0.6 is 15.9 Å². The summed E-state index contributed by atoms with van der Waals surface area (Å²) in [5, 5.41) is 0. The number of hydrogen-bond acceptors (Lipinski definition) is 2. The Balaban J connectivity index is 2.46. The van der Waals surface area contributed by atoms with Gasteiger partial charge in [-0.2, -0.15) is 0 Å². The van der Waals surface area contributed by atoms with Crippen LogP contribution in [0.3, 0.4) is 0 Å². The second-order valence-corrected chi connectivity index (χ2v) is 4.19. The third kappa shape index (κ3) is 1.93. The number of fused-ring (bicyclic) bond motifs is 1. The first-order valence-electron chi connectivity index (χ1n) is 4.68. The number of nitrogens with zero attached hydrogens (tertiary/aromatic N) is 1. The predicted octanol–water partition coefficient (Wildman–Crippen LogP) is 3.20. The fraction of sp³-hybridized carbons (Fsp3) is 0.364. The molecule has 1 aliphatic heterocycles. The number of hydrogen-bond donors (Lipinski definition) is 0. The van der Waals surface area contributed by atoms with Crippen LogP contribution in [-0.4, -0.2) is 13.2 Å². The molecule has 0 radical (unpaired) electrons. The van der Waals surface area contributed by atoms with Crippen molar-refractivity contribution in [2.75, 3.05) is 13.2 Å². The molecule has 1 heterocycles. The number of ether oxygens (including phenoxy) is 2. The molecule has 0 saturated heterocycles. The molecule has 15 heavy (non-hydrogen) atoms. The van der Waals surface area contributed by atoms with Crippen LogP contribution in [0.2, 0.25) is 0 Å². The van der Waals surface area contributed by atoms with Crippen LogP contribution in [0.15, 0.2) is 16.6 Å². The monoisotopic (exact) mass is 267 g/mol. The summed E-state index contributed by atoms with van der Waals surface area (Å²) in [6.45, 7) is 10.00. The Morgan fingerprint density at radius 1 is 1.40 bits per heavy atom. The van der Waals surface area contributed by atoms with E-state index in [1.54, 1.807) is 0 Å². The van der Waals surface area contributed by atoms with Crippen molar-refractivity contribution in [3.05, 3.63) is 33.6 Å². The molecule has 0 N–H and O–H groups in total. The second kappa shape index (κ2) is 4.11. The molecule has 0 aliphatic carbocycles. The van der Waals surface area contributed by atoms with Crippen LogP contribution in [0.4, 0.5) is 0 Å². The highest BCUT2D eigenvalue weighted by molar-refractivity contribution is 9.10. The molecule has 1 aromatic carbocycles. The highest BCUT2D eigenvalue weighted by Gasteiger charge is 2.19. The molecule has 0 saturated carbocycles. The molecule has 1 aromatic rings. The molecular weight excluding hydrogens is 258 g/mol. The molecule has 4 heteroatoms. The van der Waals surface area contributed by atoms with Gasteiger partial charge in [0.1, 0.15) is 13.2 Å². The van der Waals surface area contributed by atoms with Gasteiger partial charge < -0.3 is 14.3 Å². The standard InChI is InChI=1S/C11H10BrNO2/c1-7(13-2)8-5-9(12)11-10(6-8)14-3-4-15-11/h5-7H,3-4H2,1H3. The number of halogens is 1. The topological polar surface area (TPSA) is 22.8 Å². The lowest BCUT2D eigenvalue weighted by Crippen LogP contribution is -2.16. The first kappa shape index (κ1) is 10.3.